The van der Waals surface area contributed by atoms with Crippen LogP contribution in [0, 0.1) is 5.92 Å². The van der Waals surface area contributed by atoms with Crippen molar-refractivity contribution in [2.75, 3.05) is 11.5 Å². The Balaban J connectivity index is 3.40. The molecule has 0 bridgehead atoms. The van der Waals surface area contributed by atoms with Crippen LogP contribution in [0.1, 0.15) is 13.8 Å². The van der Waals surface area contributed by atoms with E-state index in [9.17, 15) is 4.79 Å². The lowest BCUT2D eigenvalue weighted by atomic mass is 10.3. The molecule has 0 heterocycles. The molecule has 0 aromatic rings. The molecule has 0 spiro atoms. The summed E-state index contributed by atoms with van der Waals surface area (Å²) >= 11 is 1.62. The van der Waals surface area contributed by atoms with E-state index in [-0.39, 0.29) is 5.57 Å². The molecule has 0 saturated carbocycles. The van der Waals surface area contributed by atoms with Gasteiger partial charge in [-0.1, -0.05) is 20.4 Å². The van der Waals surface area contributed by atoms with Crippen LogP contribution in [0.3, 0.4) is 0 Å². The van der Waals surface area contributed by atoms with Crippen molar-refractivity contribution in [2.24, 2.45) is 5.92 Å². The first-order chi connectivity index (χ1) is 5.04. The van der Waals surface area contributed by atoms with E-state index in [1.165, 1.54) is 0 Å². The summed E-state index contributed by atoms with van der Waals surface area (Å²) in [4.78, 5) is 10.3. The highest BCUT2D eigenvalue weighted by Crippen LogP contribution is 2.10. The quantitative estimate of drug-likeness (QED) is 0.648. The first kappa shape index (κ1) is 10.6. The maximum absolute atomic E-state index is 10.3. The fraction of sp³-hybridized carbons (Fsp3) is 0.625. The molecule has 2 nitrogen and oxygen atoms in total. The Morgan fingerprint density at radius 2 is 2.18 bits per heavy atom. The van der Waals surface area contributed by atoms with Gasteiger partial charge in [0.15, 0.2) is 0 Å². The van der Waals surface area contributed by atoms with Crippen molar-refractivity contribution in [2.45, 2.75) is 13.8 Å². The second-order valence-corrected chi connectivity index (χ2v) is 3.85. The molecule has 0 rings (SSSR count). The molecular weight excluding hydrogens is 160 g/mol. The van der Waals surface area contributed by atoms with E-state index in [1.54, 1.807) is 11.8 Å². The van der Waals surface area contributed by atoms with Crippen LogP contribution in [0.5, 0.6) is 0 Å². The van der Waals surface area contributed by atoms with Crippen LogP contribution in [0.2, 0.25) is 0 Å². The van der Waals surface area contributed by atoms with Crippen molar-refractivity contribution in [3.8, 4) is 0 Å². The number of carboxylic acids is 1. The summed E-state index contributed by atoms with van der Waals surface area (Å²) in [5.41, 5.74) is 0.288. The molecule has 0 aliphatic carbocycles. The van der Waals surface area contributed by atoms with Gasteiger partial charge in [-0.25, -0.2) is 4.79 Å². The van der Waals surface area contributed by atoms with Gasteiger partial charge in [-0.2, -0.15) is 11.8 Å². The van der Waals surface area contributed by atoms with Gasteiger partial charge in [0.1, 0.15) is 0 Å². The third-order valence-electron chi connectivity index (χ3n) is 1.03. The molecule has 0 saturated heterocycles. The molecule has 1 N–H and O–H groups in total. The summed E-state index contributed by atoms with van der Waals surface area (Å²) < 4.78 is 0. The molecule has 64 valence electrons. The summed E-state index contributed by atoms with van der Waals surface area (Å²) in [7, 11) is 0. The molecule has 0 amide bonds. The second kappa shape index (κ2) is 5.24. The largest absolute Gasteiger partial charge is 0.478 e. The first-order valence-corrected chi connectivity index (χ1v) is 4.68. The van der Waals surface area contributed by atoms with Gasteiger partial charge in [-0.3, -0.25) is 0 Å². The molecule has 0 aromatic heterocycles. The van der Waals surface area contributed by atoms with Crippen molar-refractivity contribution in [3.63, 3.8) is 0 Å². The average Bonchev–Trinajstić information content (AvgIpc) is 1.86. The number of aliphatic carboxylic acids is 1. The third kappa shape index (κ3) is 5.98. The maximum atomic E-state index is 10.3. The fourth-order valence-electron chi connectivity index (χ4n) is 0.480. The highest BCUT2D eigenvalue weighted by molar-refractivity contribution is 7.99. The van der Waals surface area contributed by atoms with E-state index in [1.807, 2.05) is 0 Å². The highest BCUT2D eigenvalue weighted by atomic mass is 32.2. The first-order valence-electron chi connectivity index (χ1n) is 3.53. The van der Waals surface area contributed by atoms with E-state index in [0.717, 1.165) is 5.75 Å². The summed E-state index contributed by atoms with van der Waals surface area (Å²) in [6.07, 6.45) is 0. The summed E-state index contributed by atoms with van der Waals surface area (Å²) in [6.45, 7) is 7.65. The lowest BCUT2D eigenvalue weighted by molar-refractivity contribution is -0.132. The minimum atomic E-state index is -0.888. The Kier molecular flexibility index (Phi) is 5.03. The highest BCUT2D eigenvalue weighted by Gasteiger charge is 2.03. The monoisotopic (exact) mass is 174 g/mol. The molecule has 0 aliphatic rings. The van der Waals surface area contributed by atoms with Gasteiger partial charge in [0.05, 0.1) is 0 Å². The van der Waals surface area contributed by atoms with Crippen molar-refractivity contribution in [1.82, 2.24) is 0 Å². The summed E-state index contributed by atoms with van der Waals surface area (Å²) in [6, 6.07) is 0. The zero-order valence-electron chi connectivity index (χ0n) is 6.96. The average molecular weight is 174 g/mol. The Hall–Kier alpha value is -0.440. The van der Waals surface area contributed by atoms with Gasteiger partial charge in [0, 0.05) is 11.3 Å². The lowest BCUT2D eigenvalue weighted by Gasteiger charge is -2.03. The zero-order chi connectivity index (χ0) is 8.85. The van der Waals surface area contributed by atoms with Gasteiger partial charge in [0.25, 0.3) is 0 Å². The summed E-state index contributed by atoms with van der Waals surface area (Å²) in [5, 5.41) is 8.43. The van der Waals surface area contributed by atoms with Crippen LogP contribution in [0.25, 0.3) is 0 Å². The number of carboxylic acid groups (broad SMARTS) is 1. The van der Waals surface area contributed by atoms with Crippen LogP contribution in [0.15, 0.2) is 12.2 Å². The molecule has 0 unspecified atom stereocenters. The SMILES string of the molecule is C=C(CSCC(C)C)C(=O)O. The molecule has 0 fully saturated rings. The molecule has 0 aliphatic heterocycles. The van der Waals surface area contributed by atoms with Crippen LogP contribution < -0.4 is 0 Å². The Bertz CT molecular complexity index is 152. The molecular formula is C8H14O2S. The molecule has 0 radical (unpaired) electrons. The van der Waals surface area contributed by atoms with E-state index in [0.29, 0.717) is 11.7 Å². The molecule has 0 aromatic carbocycles. The van der Waals surface area contributed by atoms with Crippen molar-refractivity contribution >= 4 is 17.7 Å². The molecule has 3 heteroatoms. The van der Waals surface area contributed by atoms with Crippen molar-refractivity contribution in [3.05, 3.63) is 12.2 Å². The molecule has 11 heavy (non-hydrogen) atoms. The van der Waals surface area contributed by atoms with Crippen molar-refractivity contribution < 1.29 is 9.90 Å². The van der Waals surface area contributed by atoms with Crippen molar-refractivity contribution in [1.29, 1.82) is 0 Å². The number of carbonyl (C=O) groups is 1. The maximum Gasteiger partial charge on any atom is 0.331 e. The Labute approximate surface area is 71.7 Å². The lowest BCUT2D eigenvalue weighted by Crippen LogP contribution is -2.02. The minimum Gasteiger partial charge on any atom is -0.478 e. The zero-order valence-corrected chi connectivity index (χ0v) is 7.78. The fourth-order valence-corrected chi connectivity index (χ4v) is 1.44. The van der Waals surface area contributed by atoms with E-state index in [2.05, 4.69) is 20.4 Å². The van der Waals surface area contributed by atoms with Gasteiger partial charge < -0.3 is 5.11 Å². The smallest absolute Gasteiger partial charge is 0.331 e. The van der Waals surface area contributed by atoms with E-state index >= 15 is 0 Å². The van der Waals surface area contributed by atoms with Gasteiger partial charge in [-0.15, -0.1) is 0 Å². The molecule has 0 atom stereocenters. The van der Waals surface area contributed by atoms with Crippen LogP contribution >= 0.6 is 11.8 Å². The predicted molar refractivity (Wildman–Crippen MR) is 48.9 cm³/mol. The number of rotatable bonds is 5. The van der Waals surface area contributed by atoms with E-state index in [4.69, 9.17) is 5.11 Å². The van der Waals surface area contributed by atoms with Gasteiger partial charge >= 0.3 is 5.97 Å². The Morgan fingerprint density at radius 1 is 1.64 bits per heavy atom. The van der Waals surface area contributed by atoms with Crippen LogP contribution in [-0.4, -0.2) is 22.6 Å². The topological polar surface area (TPSA) is 37.3 Å². The van der Waals surface area contributed by atoms with Gasteiger partial charge in [0.2, 0.25) is 0 Å². The summed E-state index contributed by atoms with van der Waals surface area (Å²) in [5.74, 6) is 1.25. The predicted octanol–water partition coefficient (Wildman–Crippen LogP) is 2.02. The van der Waals surface area contributed by atoms with Crippen LogP contribution in [-0.2, 0) is 4.79 Å². The second-order valence-electron chi connectivity index (χ2n) is 2.82. The van der Waals surface area contributed by atoms with Gasteiger partial charge in [-0.05, 0) is 11.7 Å². The number of hydrogen-bond acceptors (Lipinski definition) is 2. The number of hydrogen-bond donors (Lipinski definition) is 1. The standard InChI is InChI=1S/C8H14O2S/c1-6(2)4-11-5-7(3)8(9)10/h6H,3-5H2,1-2H3,(H,9,10). The normalized spacial score (nSPS) is 10.1. The van der Waals surface area contributed by atoms with Crippen LogP contribution in [0.4, 0.5) is 0 Å². The minimum absolute atomic E-state index is 0.288. The Morgan fingerprint density at radius 3 is 2.55 bits per heavy atom. The third-order valence-corrected chi connectivity index (χ3v) is 2.48. The number of thioether (sulfide) groups is 1. The van der Waals surface area contributed by atoms with E-state index < -0.39 is 5.97 Å².